The molecule has 120 valence electrons. The molecule has 0 aromatic heterocycles. The van der Waals surface area contributed by atoms with Crippen LogP contribution in [0.3, 0.4) is 0 Å². The summed E-state index contributed by atoms with van der Waals surface area (Å²) < 4.78 is 18.9. The molecule has 0 amide bonds. The van der Waals surface area contributed by atoms with E-state index in [1.54, 1.807) is 6.07 Å². The molecule has 5 heteroatoms. The maximum Gasteiger partial charge on any atom is 0.193 e. The van der Waals surface area contributed by atoms with E-state index in [2.05, 4.69) is 4.90 Å². The number of rotatable bonds is 4. The van der Waals surface area contributed by atoms with Crippen LogP contribution >= 0.6 is 11.6 Å². The highest BCUT2D eigenvalue weighted by atomic mass is 35.5. The molecule has 0 unspecified atom stereocenters. The Hall–Kier alpha value is -1.75. The minimum Gasteiger partial charge on any atom is -0.379 e. The van der Waals surface area contributed by atoms with Crippen molar-refractivity contribution in [2.75, 3.05) is 26.3 Å². The van der Waals surface area contributed by atoms with Crippen LogP contribution in [0.4, 0.5) is 4.39 Å². The molecule has 1 saturated heterocycles. The van der Waals surface area contributed by atoms with Crippen molar-refractivity contribution in [3.05, 3.63) is 70.0 Å². The first-order valence-corrected chi connectivity index (χ1v) is 7.90. The first-order chi connectivity index (χ1) is 11.1. The molecule has 3 nitrogen and oxygen atoms in total. The normalized spacial score (nSPS) is 15.6. The zero-order valence-electron chi connectivity index (χ0n) is 12.6. The summed E-state index contributed by atoms with van der Waals surface area (Å²) in [6.07, 6.45) is 0. The Morgan fingerprint density at radius 2 is 1.91 bits per heavy atom. The molecular formula is C18H17ClFNO2. The lowest BCUT2D eigenvalue weighted by Gasteiger charge is -2.27. The summed E-state index contributed by atoms with van der Waals surface area (Å²) in [4.78, 5) is 15.0. The quantitative estimate of drug-likeness (QED) is 0.801. The Morgan fingerprint density at radius 1 is 1.17 bits per heavy atom. The third kappa shape index (κ3) is 3.96. The van der Waals surface area contributed by atoms with E-state index in [-0.39, 0.29) is 16.4 Å². The van der Waals surface area contributed by atoms with Crippen LogP contribution in [0.1, 0.15) is 21.5 Å². The molecule has 0 saturated carbocycles. The second-order valence-corrected chi connectivity index (χ2v) is 5.97. The summed E-state index contributed by atoms with van der Waals surface area (Å²) >= 11 is 5.86. The molecular weight excluding hydrogens is 317 g/mol. The molecule has 0 N–H and O–H groups in total. The van der Waals surface area contributed by atoms with Gasteiger partial charge in [-0.15, -0.1) is 0 Å². The van der Waals surface area contributed by atoms with Gasteiger partial charge in [0, 0.05) is 35.8 Å². The molecule has 2 aromatic carbocycles. The number of carbonyl (C=O) groups is 1. The van der Waals surface area contributed by atoms with Gasteiger partial charge in [-0.25, -0.2) is 4.39 Å². The number of carbonyl (C=O) groups excluding carboxylic acids is 1. The SMILES string of the molecule is O=C(c1cc(F)cc(Cl)c1)c1ccccc1CN1CCOCC1. The fourth-order valence-corrected chi connectivity index (χ4v) is 2.94. The van der Waals surface area contributed by atoms with Crippen LogP contribution in [0.15, 0.2) is 42.5 Å². The highest BCUT2D eigenvalue weighted by molar-refractivity contribution is 6.31. The van der Waals surface area contributed by atoms with Gasteiger partial charge in [-0.1, -0.05) is 35.9 Å². The Kier molecular flexibility index (Phi) is 5.06. The van der Waals surface area contributed by atoms with E-state index in [1.807, 2.05) is 18.2 Å². The number of halogens is 2. The summed E-state index contributed by atoms with van der Waals surface area (Å²) in [5.41, 5.74) is 1.78. The Morgan fingerprint density at radius 3 is 2.65 bits per heavy atom. The smallest absolute Gasteiger partial charge is 0.193 e. The standard InChI is InChI=1S/C18H17ClFNO2/c19-15-9-14(10-16(20)11-15)18(22)17-4-2-1-3-13(17)12-21-5-7-23-8-6-21/h1-4,9-11H,5-8,12H2. The molecule has 1 heterocycles. The number of hydrogen-bond donors (Lipinski definition) is 0. The number of hydrogen-bond acceptors (Lipinski definition) is 3. The van der Waals surface area contributed by atoms with Crippen molar-refractivity contribution < 1.29 is 13.9 Å². The molecule has 1 fully saturated rings. The maximum atomic E-state index is 13.5. The van der Waals surface area contributed by atoms with Crippen LogP contribution in [0.5, 0.6) is 0 Å². The van der Waals surface area contributed by atoms with Crippen molar-refractivity contribution in [1.29, 1.82) is 0 Å². The van der Waals surface area contributed by atoms with Crippen LogP contribution < -0.4 is 0 Å². The molecule has 0 bridgehead atoms. The summed E-state index contributed by atoms with van der Waals surface area (Å²) in [5, 5.41) is 0.221. The Labute approximate surface area is 139 Å². The lowest BCUT2D eigenvalue weighted by atomic mass is 9.98. The number of morpholine rings is 1. The maximum absolute atomic E-state index is 13.5. The van der Waals surface area contributed by atoms with Gasteiger partial charge in [0.2, 0.25) is 0 Å². The van der Waals surface area contributed by atoms with E-state index in [4.69, 9.17) is 16.3 Å². The van der Waals surface area contributed by atoms with Crippen LogP contribution in [0, 0.1) is 5.82 Å². The molecule has 0 spiro atoms. The van der Waals surface area contributed by atoms with Crippen molar-refractivity contribution in [2.24, 2.45) is 0 Å². The van der Waals surface area contributed by atoms with Crippen molar-refractivity contribution in [3.63, 3.8) is 0 Å². The van der Waals surface area contributed by atoms with Gasteiger partial charge in [-0.05, 0) is 23.8 Å². The predicted molar refractivity (Wildman–Crippen MR) is 87.4 cm³/mol. The third-order valence-electron chi connectivity index (χ3n) is 3.88. The number of benzene rings is 2. The molecule has 1 aliphatic heterocycles. The third-order valence-corrected chi connectivity index (χ3v) is 4.10. The van der Waals surface area contributed by atoms with Crippen molar-refractivity contribution in [1.82, 2.24) is 4.90 Å². The zero-order valence-corrected chi connectivity index (χ0v) is 13.4. The first-order valence-electron chi connectivity index (χ1n) is 7.52. The Bertz CT molecular complexity index is 694. The molecule has 1 aliphatic rings. The highest BCUT2D eigenvalue weighted by Gasteiger charge is 2.18. The Balaban J connectivity index is 1.88. The molecule has 23 heavy (non-hydrogen) atoms. The van der Waals surface area contributed by atoms with Gasteiger partial charge in [0.25, 0.3) is 0 Å². The van der Waals surface area contributed by atoms with Crippen LogP contribution in [0.2, 0.25) is 5.02 Å². The fourth-order valence-electron chi connectivity index (χ4n) is 2.72. The monoisotopic (exact) mass is 333 g/mol. The van der Waals surface area contributed by atoms with E-state index in [0.717, 1.165) is 18.7 Å². The van der Waals surface area contributed by atoms with Gasteiger partial charge in [-0.3, -0.25) is 9.69 Å². The number of ketones is 1. The molecule has 3 rings (SSSR count). The van der Waals surface area contributed by atoms with E-state index in [9.17, 15) is 9.18 Å². The highest BCUT2D eigenvalue weighted by Crippen LogP contribution is 2.20. The van der Waals surface area contributed by atoms with Crippen molar-refractivity contribution >= 4 is 17.4 Å². The molecule has 0 aliphatic carbocycles. The van der Waals surface area contributed by atoms with E-state index < -0.39 is 5.82 Å². The van der Waals surface area contributed by atoms with Gasteiger partial charge >= 0.3 is 0 Å². The lowest BCUT2D eigenvalue weighted by Crippen LogP contribution is -2.36. The second-order valence-electron chi connectivity index (χ2n) is 5.53. The minimum absolute atomic E-state index is 0.213. The van der Waals surface area contributed by atoms with Gasteiger partial charge in [-0.2, -0.15) is 0 Å². The van der Waals surface area contributed by atoms with Crippen molar-refractivity contribution in [3.8, 4) is 0 Å². The zero-order chi connectivity index (χ0) is 16.2. The summed E-state index contributed by atoms with van der Waals surface area (Å²) in [7, 11) is 0. The van der Waals surface area contributed by atoms with E-state index >= 15 is 0 Å². The average molecular weight is 334 g/mol. The summed E-state index contributed by atoms with van der Waals surface area (Å²) in [6, 6.07) is 11.3. The van der Waals surface area contributed by atoms with Crippen molar-refractivity contribution in [2.45, 2.75) is 6.54 Å². The largest absolute Gasteiger partial charge is 0.379 e. The average Bonchev–Trinajstić information content (AvgIpc) is 2.55. The predicted octanol–water partition coefficient (Wildman–Crippen LogP) is 3.54. The van der Waals surface area contributed by atoms with Gasteiger partial charge in [0.15, 0.2) is 5.78 Å². The first kappa shape index (κ1) is 16.1. The molecule has 2 aromatic rings. The minimum atomic E-state index is -0.508. The molecule has 0 atom stereocenters. The van der Waals surface area contributed by atoms with Crippen LogP contribution in [-0.2, 0) is 11.3 Å². The number of ether oxygens (including phenoxy) is 1. The van der Waals surface area contributed by atoms with Crippen LogP contribution in [-0.4, -0.2) is 37.0 Å². The topological polar surface area (TPSA) is 29.5 Å². The number of nitrogens with zero attached hydrogens (tertiary/aromatic N) is 1. The van der Waals surface area contributed by atoms with E-state index in [0.29, 0.717) is 25.3 Å². The summed E-state index contributed by atoms with van der Waals surface area (Å²) in [6.45, 7) is 3.77. The van der Waals surface area contributed by atoms with Crippen LogP contribution in [0.25, 0.3) is 0 Å². The van der Waals surface area contributed by atoms with Gasteiger partial charge < -0.3 is 4.74 Å². The van der Waals surface area contributed by atoms with E-state index in [1.165, 1.54) is 18.2 Å². The second kappa shape index (κ2) is 7.21. The lowest BCUT2D eigenvalue weighted by molar-refractivity contribution is 0.0341. The molecule has 0 radical (unpaired) electrons. The van der Waals surface area contributed by atoms with Gasteiger partial charge in [0.05, 0.1) is 13.2 Å². The fraction of sp³-hybridized carbons (Fsp3) is 0.278. The summed E-state index contributed by atoms with van der Waals surface area (Å²) in [5.74, 6) is -0.721. The van der Waals surface area contributed by atoms with Gasteiger partial charge in [0.1, 0.15) is 5.82 Å².